The zero-order chi connectivity index (χ0) is 15.4. The Balaban J connectivity index is 2.02. The van der Waals surface area contributed by atoms with Gasteiger partial charge in [0.2, 0.25) is 0 Å². The van der Waals surface area contributed by atoms with Crippen LogP contribution in [-0.2, 0) is 0 Å². The van der Waals surface area contributed by atoms with E-state index in [4.69, 9.17) is 5.73 Å². The molecule has 0 saturated carbocycles. The Hall–Kier alpha value is -3.02. The van der Waals surface area contributed by atoms with Crippen molar-refractivity contribution in [3.63, 3.8) is 0 Å². The molecule has 1 amide bonds. The molecule has 0 aliphatic carbocycles. The van der Waals surface area contributed by atoms with Crippen LogP contribution in [0.2, 0.25) is 0 Å². The Bertz CT molecular complexity index is 684. The van der Waals surface area contributed by atoms with E-state index in [1.807, 2.05) is 0 Å². The first-order chi connectivity index (χ1) is 9.97. The molecule has 21 heavy (non-hydrogen) atoms. The quantitative estimate of drug-likeness (QED) is 0.512. The number of nitrogen functional groups attached to an aromatic ring is 1. The van der Waals surface area contributed by atoms with Gasteiger partial charge in [-0.15, -0.1) is 0 Å². The summed E-state index contributed by atoms with van der Waals surface area (Å²) in [5, 5.41) is 9.62. The molecule has 5 nitrogen and oxygen atoms in total. The first-order valence-corrected chi connectivity index (χ1v) is 6.07. The van der Waals surface area contributed by atoms with Crippen molar-refractivity contribution in [3.05, 3.63) is 66.0 Å². The Morgan fingerprint density at radius 3 is 2.48 bits per heavy atom. The lowest BCUT2D eigenvalue weighted by Gasteiger charge is -2.12. The molecule has 0 radical (unpaired) electrons. The van der Waals surface area contributed by atoms with E-state index >= 15 is 0 Å². The number of aromatic hydroxyl groups is 1. The van der Waals surface area contributed by atoms with E-state index in [0.29, 0.717) is 11.3 Å². The number of benzene rings is 2. The molecule has 6 heteroatoms. The molecule has 0 saturated heterocycles. The third kappa shape index (κ3) is 3.50. The third-order valence-electron chi connectivity index (χ3n) is 2.78. The summed E-state index contributed by atoms with van der Waals surface area (Å²) in [6, 6.07) is 9.77. The fraction of sp³-hybridized carbons (Fsp3) is 0. The molecule has 0 unspecified atom stereocenters. The molecule has 2 aromatic carbocycles. The lowest BCUT2D eigenvalue weighted by atomic mass is 10.1. The predicted molar refractivity (Wildman–Crippen MR) is 78.6 cm³/mol. The van der Waals surface area contributed by atoms with Gasteiger partial charge in [0.1, 0.15) is 11.6 Å². The van der Waals surface area contributed by atoms with Crippen LogP contribution in [0.5, 0.6) is 5.75 Å². The Labute approximate surface area is 120 Å². The lowest BCUT2D eigenvalue weighted by molar-refractivity contribution is 0.0942. The Kier molecular flexibility index (Phi) is 4.08. The number of amides is 1. The van der Waals surface area contributed by atoms with Gasteiger partial charge in [0.25, 0.3) is 5.91 Å². The minimum absolute atomic E-state index is 0.143. The van der Waals surface area contributed by atoms with Crippen LogP contribution in [0.25, 0.3) is 5.70 Å². The van der Waals surface area contributed by atoms with Crippen LogP contribution in [0.3, 0.4) is 0 Å². The van der Waals surface area contributed by atoms with Crippen LogP contribution in [-0.4, -0.2) is 11.0 Å². The molecule has 0 spiro atoms. The van der Waals surface area contributed by atoms with E-state index in [1.165, 1.54) is 6.07 Å². The summed E-state index contributed by atoms with van der Waals surface area (Å²) in [5.74, 6) is -1.07. The molecule has 0 heterocycles. The van der Waals surface area contributed by atoms with Crippen molar-refractivity contribution in [3.8, 4) is 5.75 Å². The molecule has 2 aromatic rings. The van der Waals surface area contributed by atoms with Gasteiger partial charge in [-0.25, -0.2) is 4.39 Å². The van der Waals surface area contributed by atoms with E-state index in [0.717, 1.165) is 12.1 Å². The van der Waals surface area contributed by atoms with Gasteiger partial charge in [0.15, 0.2) is 0 Å². The number of nitrogens with one attached hydrogen (secondary N) is 2. The maximum absolute atomic E-state index is 13.1. The number of carbonyl (C=O) groups excluding carboxylic acids is 1. The summed E-state index contributed by atoms with van der Waals surface area (Å²) >= 11 is 0. The molecule has 0 aliphatic rings. The second-order valence-corrected chi connectivity index (χ2v) is 4.34. The molecular weight excluding hydrogens is 273 g/mol. The molecule has 0 atom stereocenters. The van der Waals surface area contributed by atoms with Crippen LogP contribution in [0, 0.1) is 5.82 Å². The minimum Gasteiger partial charge on any atom is -0.507 e. The third-order valence-corrected chi connectivity index (χ3v) is 2.78. The van der Waals surface area contributed by atoms with Gasteiger partial charge in [0.05, 0.1) is 5.70 Å². The summed E-state index contributed by atoms with van der Waals surface area (Å²) in [5.41, 5.74) is 11.7. The van der Waals surface area contributed by atoms with E-state index in [1.54, 1.807) is 24.3 Å². The Morgan fingerprint density at radius 1 is 1.14 bits per heavy atom. The summed E-state index contributed by atoms with van der Waals surface area (Å²) in [7, 11) is 0. The fourth-order valence-electron chi connectivity index (χ4n) is 1.66. The van der Waals surface area contributed by atoms with Crippen molar-refractivity contribution < 1.29 is 14.3 Å². The maximum Gasteiger partial charge on any atom is 0.269 e. The van der Waals surface area contributed by atoms with Crippen LogP contribution in [0.15, 0.2) is 49.0 Å². The molecule has 2 rings (SSSR count). The molecule has 0 aromatic heterocycles. The van der Waals surface area contributed by atoms with Gasteiger partial charge in [0, 0.05) is 16.8 Å². The van der Waals surface area contributed by atoms with Crippen LogP contribution < -0.4 is 16.6 Å². The summed E-state index contributed by atoms with van der Waals surface area (Å²) in [6.45, 7) is 3.63. The molecule has 0 bridgehead atoms. The van der Waals surface area contributed by atoms with Gasteiger partial charge in [-0.2, -0.15) is 0 Å². The van der Waals surface area contributed by atoms with E-state index in [2.05, 4.69) is 17.4 Å². The second-order valence-electron chi connectivity index (χ2n) is 4.34. The number of halogens is 1. The minimum atomic E-state index is -0.518. The van der Waals surface area contributed by atoms with Crippen LogP contribution in [0.1, 0.15) is 15.9 Å². The number of rotatable bonds is 4. The monoisotopic (exact) mass is 287 g/mol. The molecule has 0 aliphatic heterocycles. The van der Waals surface area contributed by atoms with Gasteiger partial charge in [-0.05, 0) is 42.5 Å². The molecule has 108 valence electrons. The van der Waals surface area contributed by atoms with Crippen molar-refractivity contribution in [1.29, 1.82) is 0 Å². The van der Waals surface area contributed by atoms with E-state index < -0.39 is 11.7 Å². The van der Waals surface area contributed by atoms with E-state index in [9.17, 15) is 14.3 Å². The number of hydrogen-bond acceptors (Lipinski definition) is 4. The second kappa shape index (κ2) is 5.96. The van der Waals surface area contributed by atoms with Gasteiger partial charge in [-0.3, -0.25) is 15.6 Å². The topological polar surface area (TPSA) is 87.4 Å². The zero-order valence-electron chi connectivity index (χ0n) is 11.1. The summed E-state index contributed by atoms with van der Waals surface area (Å²) < 4.78 is 13.1. The first kappa shape index (κ1) is 14.4. The fourth-order valence-corrected chi connectivity index (χ4v) is 1.66. The number of hydrazine groups is 1. The van der Waals surface area contributed by atoms with Crippen molar-refractivity contribution >= 4 is 17.3 Å². The van der Waals surface area contributed by atoms with Gasteiger partial charge < -0.3 is 10.8 Å². The number of hydrogen-bond donors (Lipinski definition) is 4. The van der Waals surface area contributed by atoms with E-state index in [-0.39, 0.29) is 17.0 Å². The van der Waals surface area contributed by atoms with Gasteiger partial charge in [-0.1, -0.05) is 6.58 Å². The maximum atomic E-state index is 13.1. The highest BCUT2D eigenvalue weighted by Crippen LogP contribution is 2.22. The van der Waals surface area contributed by atoms with Gasteiger partial charge >= 0.3 is 0 Å². The Morgan fingerprint density at radius 2 is 1.81 bits per heavy atom. The summed E-state index contributed by atoms with van der Waals surface area (Å²) in [6.07, 6.45) is 0. The number of carbonyl (C=O) groups is 1. The number of phenolic OH excluding ortho intramolecular Hbond substituents is 1. The standard InChI is InChI=1S/C15H14FN3O2/c1-9(13-8-11(16)4-7-14(13)20)18-19-15(21)10-2-5-12(17)6-3-10/h2-8,18,20H,1,17H2,(H,19,21). The number of phenols is 1. The molecule has 0 fully saturated rings. The number of anilines is 1. The smallest absolute Gasteiger partial charge is 0.269 e. The average Bonchev–Trinajstić information content (AvgIpc) is 2.47. The predicted octanol–water partition coefficient (Wildman–Crippen LogP) is 2.02. The van der Waals surface area contributed by atoms with Crippen LogP contribution in [0.4, 0.5) is 10.1 Å². The zero-order valence-corrected chi connectivity index (χ0v) is 11.1. The van der Waals surface area contributed by atoms with Crippen molar-refractivity contribution in [1.82, 2.24) is 10.9 Å². The van der Waals surface area contributed by atoms with Crippen molar-refractivity contribution in [2.75, 3.05) is 5.73 Å². The first-order valence-electron chi connectivity index (χ1n) is 6.07. The highest BCUT2D eigenvalue weighted by atomic mass is 19.1. The highest BCUT2D eigenvalue weighted by Gasteiger charge is 2.09. The number of nitrogens with two attached hydrogens (primary N) is 1. The SMILES string of the molecule is C=C(NNC(=O)c1ccc(N)cc1)c1cc(F)ccc1O. The van der Waals surface area contributed by atoms with Crippen molar-refractivity contribution in [2.45, 2.75) is 0 Å². The summed E-state index contributed by atoms with van der Waals surface area (Å²) in [4.78, 5) is 11.9. The lowest BCUT2D eigenvalue weighted by Crippen LogP contribution is -2.35. The molecule has 5 N–H and O–H groups in total. The largest absolute Gasteiger partial charge is 0.507 e. The van der Waals surface area contributed by atoms with Crippen LogP contribution >= 0.6 is 0 Å². The van der Waals surface area contributed by atoms with Crippen molar-refractivity contribution in [2.24, 2.45) is 0 Å². The normalized spacial score (nSPS) is 9.95. The average molecular weight is 287 g/mol. The molecular formula is C15H14FN3O2. The highest BCUT2D eigenvalue weighted by molar-refractivity contribution is 5.94.